The van der Waals surface area contributed by atoms with E-state index in [1.807, 2.05) is 0 Å². The molecule has 0 spiro atoms. The van der Waals surface area contributed by atoms with Gasteiger partial charge >= 0.3 is 0 Å². The van der Waals surface area contributed by atoms with Gasteiger partial charge in [-0.3, -0.25) is 0 Å². The number of hydrogen-bond acceptors (Lipinski definition) is 1. The fourth-order valence-corrected chi connectivity index (χ4v) is 4.08. The zero-order valence-electron chi connectivity index (χ0n) is 9.64. The molecule has 0 aliphatic heterocycles. The molecule has 0 aromatic heterocycles. The van der Waals surface area contributed by atoms with Crippen LogP contribution in [0.25, 0.3) is 0 Å². The van der Waals surface area contributed by atoms with Crippen LogP contribution in [0.1, 0.15) is 27.7 Å². The van der Waals surface area contributed by atoms with E-state index in [-0.39, 0.29) is 0 Å². The van der Waals surface area contributed by atoms with Crippen LogP contribution in [0.5, 0.6) is 0 Å². The van der Waals surface area contributed by atoms with E-state index in [0.717, 1.165) is 0 Å². The van der Waals surface area contributed by atoms with E-state index in [9.17, 15) is 0 Å². The van der Waals surface area contributed by atoms with Crippen LogP contribution >= 0.6 is 15.8 Å². The van der Waals surface area contributed by atoms with Crippen LogP contribution in [0.3, 0.4) is 0 Å². The fourth-order valence-electron chi connectivity index (χ4n) is 1.26. The first-order valence-electron chi connectivity index (χ1n) is 5.43. The highest BCUT2D eigenvalue weighted by atomic mass is 31.1. The van der Waals surface area contributed by atoms with E-state index in [2.05, 4.69) is 33.0 Å². The standard InChI is InChI=1S/C10H25NP2/c1-5-12(6-2)9-11-10-13(7-3)8-4/h11H,5-10H2,1-4H3. The van der Waals surface area contributed by atoms with E-state index in [1.165, 1.54) is 37.2 Å². The molecule has 0 amide bonds. The highest BCUT2D eigenvalue weighted by molar-refractivity contribution is 7.58. The summed E-state index contributed by atoms with van der Waals surface area (Å²) < 4.78 is 0. The van der Waals surface area contributed by atoms with Crippen molar-refractivity contribution in [1.82, 2.24) is 5.32 Å². The van der Waals surface area contributed by atoms with Crippen molar-refractivity contribution in [3.8, 4) is 0 Å². The third-order valence-corrected chi connectivity index (χ3v) is 7.38. The van der Waals surface area contributed by atoms with Crippen molar-refractivity contribution in [3.05, 3.63) is 0 Å². The minimum absolute atomic E-state index is 0.302. The summed E-state index contributed by atoms with van der Waals surface area (Å²) in [5.74, 6) is 0. The van der Waals surface area contributed by atoms with Crippen molar-refractivity contribution in [2.75, 3.05) is 37.2 Å². The summed E-state index contributed by atoms with van der Waals surface area (Å²) in [6.07, 6.45) is 8.12. The van der Waals surface area contributed by atoms with Gasteiger partial charge in [0.1, 0.15) is 0 Å². The summed E-state index contributed by atoms with van der Waals surface area (Å²) in [5, 5.41) is 3.65. The molecule has 0 fully saturated rings. The largest absolute Gasteiger partial charge is 0.309 e. The van der Waals surface area contributed by atoms with Crippen LogP contribution in [0.2, 0.25) is 0 Å². The Morgan fingerprint density at radius 2 is 1.00 bits per heavy atom. The van der Waals surface area contributed by atoms with Crippen LogP contribution in [0.4, 0.5) is 0 Å². The van der Waals surface area contributed by atoms with Crippen LogP contribution < -0.4 is 5.32 Å². The lowest BCUT2D eigenvalue weighted by Gasteiger charge is -2.18. The average molecular weight is 221 g/mol. The van der Waals surface area contributed by atoms with Crippen molar-refractivity contribution < 1.29 is 0 Å². The highest BCUT2D eigenvalue weighted by Gasteiger charge is 2.04. The Balaban J connectivity index is 3.41. The second kappa shape index (κ2) is 9.38. The summed E-state index contributed by atoms with van der Waals surface area (Å²) in [5.41, 5.74) is 0. The van der Waals surface area contributed by atoms with Crippen molar-refractivity contribution in [2.24, 2.45) is 0 Å². The molecule has 0 bridgehead atoms. The van der Waals surface area contributed by atoms with Gasteiger partial charge in [0.2, 0.25) is 0 Å². The molecule has 0 radical (unpaired) electrons. The third kappa shape index (κ3) is 6.83. The zero-order chi connectivity index (χ0) is 10.1. The Hall–Kier alpha value is 0.820. The quantitative estimate of drug-likeness (QED) is 0.618. The Morgan fingerprint density at radius 1 is 0.692 bits per heavy atom. The average Bonchev–Trinajstić information content (AvgIpc) is 2.19. The molecule has 0 aliphatic rings. The van der Waals surface area contributed by atoms with E-state index < -0.39 is 0 Å². The Bertz CT molecular complexity index is 89.1. The van der Waals surface area contributed by atoms with E-state index in [1.54, 1.807) is 0 Å². The van der Waals surface area contributed by atoms with Gasteiger partial charge in [0.15, 0.2) is 0 Å². The molecule has 0 aliphatic carbocycles. The molecular formula is C10H25NP2. The van der Waals surface area contributed by atoms with Crippen molar-refractivity contribution in [2.45, 2.75) is 27.7 Å². The number of hydrogen-bond donors (Lipinski definition) is 1. The van der Waals surface area contributed by atoms with Gasteiger partial charge in [0.05, 0.1) is 0 Å². The van der Waals surface area contributed by atoms with Gasteiger partial charge in [-0.05, 0) is 24.6 Å². The summed E-state index contributed by atoms with van der Waals surface area (Å²) in [4.78, 5) is 0. The molecule has 1 nitrogen and oxygen atoms in total. The van der Waals surface area contributed by atoms with Crippen molar-refractivity contribution in [3.63, 3.8) is 0 Å². The number of nitrogens with one attached hydrogen (secondary N) is 1. The lowest BCUT2D eigenvalue weighted by molar-refractivity contribution is 0.923. The van der Waals surface area contributed by atoms with Gasteiger partial charge in [0.25, 0.3) is 0 Å². The molecule has 0 rings (SSSR count). The van der Waals surface area contributed by atoms with Gasteiger partial charge in [-0.2, -0.15) is 0 Å². The maximum Gasteiger partial charge on any atom is 0.0158 e. The maximum absolute atomic E-state index is 3.65. The first-order valence-corrected chi connectivity index (χ1v) is 9.23. The molecule has 0 aromatic carbocycles. The molecule has 0 aromatic rings. The molecule has 13 heavy (non-hydrogen) atoms. The zero-order valence-corrected chi connectivity index (χ0v) is 11.4. The van der Waals surface area contributed by atoms with Crippen LogP contribution in [-0.2, 0) is 0 Å². The van der Waals surface area contributed by atoms with Gasteiger partial charge in [-0.25, -0.2) is 0 Å². The molecule has 0 unspecified atom stereocenters. The normalized spacial score (nSPS) is 11.5. The van der Waals surface area contributed by atoms with Crippen LogP contribution in [0, 0.1) is 0 Å². The molecule has 80 valence electrons. The molecule has 0 saturated carbocycles. The topological polar surface area (TPSA) is 12.0 Å². The summed E-state index contributed by atoms with van der Waals surface area (Å²) in [6.45, 7) is 9.28. The predicted molar refractivity (Wildman–Crippen MR) is 68.9 cm³/mol. The lowest BCUT2D eigenvalue weighted by Crippen LogP contribution is -2.16. The highest BCUT2D eigenvalue weighted by Crippen LogP contribution is 2.35. The molecule has 3 heteroatoms. The van der Waals surface area contributed by atoms with Crippen molar-refractivity contribution >= 4 is 15.8 Å². The van der Waals surface area contributed by atoms with Gasteiger partial charge in [-0.1, -0.05) is 43.5 Å². The van der Waals surface area contributed by atoms with Crippen LogP contribution in [-0.4, -0.2) is 37.2 Å². The smallest absolute Gasteiger partial charge is 0.0158 e. The van der Waals surface area contributed by atoms with Gasteiger partial charge in [-0.15, -0.1) is 0 Å². The second-order valence-corrected chi connectivity index (χ2v) is 9.02. The molecule has 1 N–H and O–H groups in total. The first-order chi connectivity index (χ1) is 6.28. The monoisotopic (exact) mass is 221 g/mol. The Kier molecular flexibility index (Phi) is 9.97. The van der Waals surface area contributed by atoms with Gasteiger partial charge in [0, 0.05) is 12.6 Å². The minimum Gasteiger partial charge on any atom is -0.309 e. The maximum atomic E-state index is 3.65. The molecule has 0 heterocycles. The molecule has 0 saturated heterocycles. The SMILES string of the molecule is CCP(CC)CNCP(CC)CC. The van der Waals surface area contributed by atoms with E-state index >= 15 is 0 Å². The third-order valence-electron chi connectivity index (χ3n) is 2.46. The molecule has 0 atom stereocenters. The van der Waals surface area contributed by atoms with Crippen molar-refractivity contribution in [1.29, 1.82) is 0 Å². The number of rotatable bonds is 8. The molecular weight excluding hydrogens is 196 g/mol. The van der Waals surface area contributed by atoms with Crippen LogP contribution in [0.15, 0.2) is 0 Å². The van der Waals surface area contributed by atoms with E-state index in [4.69, 9.17) is 0 Å². The summed E-state index contributed by atoms with van der Waals surface area (Å²) in [6, 6.07) is 0. The van der Waals surface area contributed by atoms with Gasteiger partial charge < -0.3 is 5.32 Å². The minimum atomic E-state index is 0.302. The van der Waals surface area contributed by atoms with E-state index in [0.29, 0.717) is 15.8 Å². The Morgan fingerprint density at radius 3 is 1.23 bits per heavy atom. The first kappa shape index (κ1) is 13.8. The lowest BCUT2D eigenvalue weighted by atomic mass is 11.0. The summed E-state index contributed by atoms with van der Waals surface area (Å²) in [7, 11) is 0.605. The fraction of sp³-hybridized carbons (Fsp3) is 1.00. The Labute approximate surface area is 86.6 Å². The predicted octanol–water partition coefficient (Wildman–Crippen LogP) is 3.53. The summed E-state index contributed by atoms with van der Waals surface area (Å²) >= 11 is 0. The second-order valence-electron chi connectivity index (χ2n) is 3.17.